The molecule has 4 atom stereocenters. The second-order valence-corrected chi connectivity index (χ2v) is 10.3. The maximum absolute atomic E-state index is 14.0. The molecule has 0 radical (unpaired) electrons. The summed E-state index contributed by atoms with van der Waals surface area (Å²) in [6.07, 6.45) is 9.14. The summed E-state index contributed by atoms with van der Waals surface area (Å²) in [4.78, 5) is 38.3. The first-order valence-electron chi connectivity index (χ1n) is 11.5. The van der Waals surface area contributed by atoms with Gasteiger partial charge >= 0.3 is 19.4 Å². The van der Waals surface area contributed by atoms with E-state index >= 15 is 0 Å². The summed E-state index contributed by atoms with van der Waals surface area (Å²) in [5, 5.41) is 4.09. The molecule has 0 spiro atoms. The zero-order valence-corrected chi connectivity index (χ0v) is 21.8. The number of benzene rings is 2. The minimum absolute atomic E-state index is 0.252. The molecular formula is C26H26N3O8P. The topological polar surface area (TPSA) is 138 Å². The summed E-state index contributed by atoms with van der Waals surface area (Å²) in [6.45, 7) is 2.52. The zero-order chi connectivity index (χ0) is 27.5. The monoisotopic (exact) mass is 539 g/mol. The van der Waals surface area contributed by atoms with Gasteiger partial charge in [-0.3, -0.25) is 23.7 Å². The van der Waals surface area contributed by atoms with Gasteiger partial charge in [0, 0.05) is 17.1 Å². The van der Waals surface area contributed by atoms with Crippen LogP contribution in [0.1, 0.15) is 18.7 Å². The highest BCUT2D eigenvalue weighted by Gasteiger charge is 2.40. The second kappa shape index (κ2) is 10.8. The van der Waals surface area contributed by atoms with Gasteiger partial charge in [-0.05, 0) is 37.5 Å². The number of terminal acetylenes is 1. The van der Waals surface area contributed by atoms with Crippen molar-refractivity contribution in [3.63, 3.8) is 0 Å². The standard InChI is InChI=1S/C26H26N3O8P/c1-5-26(14-13-22(36-26)29-15-17(2)23(30)27-25(29)32)16-35-38(33,28-18(3)24(31)34-4)37-21-12-8-10-19-9-6-7-11-20(19)21/h1,6-15,18,22H,16H2,2-4H3,(H,28,33)(H,27,30,32)/t18-,22+,26-,38+/m0/s1. The van der Waals surface area contributed by atoms with Crippen molar-refractivity contribution in [1.29, 1.82) is 0 Å². The first kappa shape index (κ1) is 27.1. The average Bonchev–Trinajstić information content (AvgIpc) is 3.34. The number of esters is 1. The Labute approximate surface area is 218 Å². The third kappa shape index (κ3) is 5.64. The van der Waals surface area contributed by atoms with Crippen molar-refractivity contribution in [2.45, 2.75) is 31.7 Å². The number of methoxy groups -OCH3 is 1. The van der Waals surface area contributed by atoms with Crippen LogP contribution in [-0.4, -0.2) is 40.9 Å². The van der Waals surface area contributed by atoms with E-state index in [2.05, 4.69) is 16.0 Å². The van der Waals surface area contributed by atoms with Gasteiger partial charge < -0.3 is 14.0 Å². The SMILES string of the molecule is C#C[C@@]1(CO[P@](=O)(N[C@@H](C)C(=O)OC)Oc2cccc3ccccc23)C=C[C@H](n2cc(C)c(=O)[nH]c2=O)O1. The van der Waals surface area contributed by atoms with E-state index in [1.54, 1.807) is 31.2 Å². The van der Waals surface area contributed by atoms with Crippen LogP contribution in [0.15, 0.2) is 70.4 Å². The van der Waals surface area contributed by atoms with Gasteiger partial charge in [-0.25, -0.2) is 9.36 Å². The number of nitrogens with zero attached hydrogens (tertiary/aromatic N) is 1. The maximum Gasteiger partial charge on any atom is 0.459 e. The zero-order valence-electron chi connectivity index (χ0n) is 20.9. The Bertz CT molecular complexity index is 1600. The number of ether oxygens (including phenoxy) is 2. The van der Waals surface area contributed by atoms with Gasteiger partial charge in [-0.15, -0.1) is 6.42 Å². The lowest BCUT2D eigenvalue weighted by Gasteiger charge is -2.28. The Balaban J connectivity index is 1.60. The molecule has 198 valence electrons. The number of carbonyl (C=O) groups is 1. The van der Waals surface area contributed by atoms with Crippen LogP contribution in [-0.2, 0) is 23.4 Å². The van der Waals surface area contributed by atoms with Crippen molar-refractivity contribution < 1.29 is 27.9 Å². The number of hydrogen-bond donors (Lipinski definition) is 2. The predicted molar refractivity (Wildman–Crippen MR) is 140 cm³/mol. The van der Waals surface area contributed by atoms with Gasteiger partial charge in [-0.2, -0.15) is 5.09 Å². The van der Waals surface area contributed by atoms with Crippen LogP contribution in [0.25, 0.3) is 10.8 Å². The summed E-state index contributed by atoms with van der Waals surface area (Å²) < 4.78 is 37.4. The van der Waals surface area contributed by atoms with E-state index in [1.807, 2.05) is 18.2 Å². The Morgan fingerprint density at radius 3 is 2.76 bits per heavy atom. The summed E-state index contributed by atoms with van der Waals surface area (Å²) in [5.41, 5.74) is -2.45. The minimum atomic E-state index is -4.27. The Morgan fingerprint density at radius 1 is 1.29 bits per heavy atom. The normalized spacial score (nSPS) is 20.9. The molecule has 2 aromatic carbocycles. The van der Waals surface area contributed by atoms with Gasteiger partial charge in [0.15, 0.2) is 11.8 Å². The van der Waals surface area contributed by atoms with Gasteiger partial charge in [0.2, 0.25) is 0 Å². The van der Waals surface area contributed by atoms with Crippen molar-refractivity contribution >= 4 is 24.5 Å². The highest BCUT2D eigenvalue weighted by atomic mass is 31.2. The van der Waals surface area contributed by atoms with Crippen LogP contribution < -0.4 is 20.9 Å². The van der Waals surface area contributed by atoms with E-state index in [1.165, 1.54) is 32.4 Å². The number of hydrogen-bond acceptors (Lipinski definition) is 8. The summed E-state index contributed by atoms with van der Waals surface area (Å²) in [6, 6.07) is 11.5. The number of aromatic amines is 1. The second-order valence-electron chi connectivity index (χ2n) is 8.59. The fraction of sp³-hybridized carbons (Fsp3) is 0.269. The number of nitrogens with one attached hydrogen (secondary N) is 2. The fourth-order valence-electron chi connectivity index (χ4n) is 3.80. The molecule has 38 heavy (non-hydrogen) atoms. The third-order valence-corrected chi connectivity index (χ3v) is 7.46. The lowest BCUT2D eigenvalue weighted by molar-refractivity contribution is -0.142. The van der Waals surface area contributed by atoms with Gasteiger partial charge in [0.05, 0.1) is 7.11 Å². The minimum Gasteiger partial charge on any atom is -0.468 e. The van der Waals surface area contributed by atoms with E-state index in [-0.39, 0.29) is 5.75 Å². The lowest BCUT2D eigenvalue weighted by atomic mass is 10.1. The third-order valence-electron chi connectivity index (χ3n) is 5.85. The molecule has 0 saturated heterocycles. The van der Waals surface area contributed by atoms with E-state index in [4.69, 9.17) is 24.9 Å². The number of rotatable bonds is 9. The van der Waals surface area contributed by atoms with Crippen LogP contribution in [0.3, 0.4) is 0 Å². The van der Waals surface area contributed by atoms with Gasteiger partial charge in [-0.1, -0.05) is 42.3 Å². The maximum atomic E-state index is 14.0. The molecular weight excluding hydrogens is 513 g/mol. The van der Waals surface area contributed by atoms with Crippen LogP contribution in [0, 0.1) is 19.3 Å². The molecule has 0 bridgehead atoms. The van der Waals surface area contributed by atoms with Gasteiger partial charge in [0.25, 0.3) is 5.56 Å². The predicted octanol–water partition coefficient (Wildman–Crippen LogP) is 2.81. The average molecular weight is 539 g/mol. The van der Waals surface area contributed by atoms with Crippen molar-refractivity contribution in [1.82, 2.24) is 14.6 Å². The fourth-order valence-corrected chi connectivity index (χ4v) is 5.34. The van der Waals surface area contributed by atoms with Crippen molar-refractivity contribution in [2.75, 3.05) is 13.7 Å². The molecule has 3 aromatic rings. The van der Waals surface area contributed by atoms with Crippen LogP contribution in [0.4, 0.5) is 0 Å². The molecule has 1 aliphatic rings. The molecule has 0 saturated carbocycles. The first-order valence-corrected chi connectivity index (χ1v) is 13.1. The Hall–Kier alpha value is -3.94. The molecule has 4 rings (SSSR count). The van der Waals surface area contributed by atoms with Crippen LogP contribution >= 0.6 is 7.75 Å². The van der Waals surface area contributed by atoms with Crippen molar-refractivity contribution in [2.24, 2.45) is 0 Å². The van der Waals surface area contributed by atoms with Gasteiger partial charge in [0.1, 0.15) is 18.4 Å². The smallest absolute Gasteiger partial charge is 0.459 e. The molecule has 0 fully saturated rings. The largest absolute Gasteiger partial charge is 0.468 e. The molecule has 0 amide bonds. The number of aromatic nitrogens is 2. The summed E-state index contributed by atoms with van der Waals surface area (Å²) >= 11 is 0. The lowest BCUT2D eigenvalue weighted by Crippen LogP contribution is -2.39. The number of carbonyl (C=O) groups excluding carboxylic acids is 1. The molecule has 0 unspecified atom stereocenters. The molecule has 11 nitrogen and oxygen atoms in total. The first-order chi connectivity index (χ1) is 18.1. The highest BCUT2D eigenvalue weighted by molar-refractivity contribution is 7.52. The van der Waals surface area contributed by atoms with E-state index in [9.17, 15) is 18.9 Å². The van der Waals surface area contributed by atoms with Crippen LogP contribution in [0.2, 0.25) is 0 Å². The van der Waals surface area contributed by atoms with E-state index in [0.29, 0.717) is 10.9 Å². The van der Waals surface area contributed by atoms with Crippen molar-refractivity contribution in [3.8, 4) is 18.1 Å². The molecule has 2 N–H and O–H groups in total. The molecule has 1 aliphatic heterocycles. The van der Waals surface area contributed by atoms with Crippen LogP contribution in [0.5, 0.6) is 5.75 Å². The summed E-state index contributed by atoms with van der Waals surface area (Å²) in [5.74, 6) is 2.02. The Morgan fingerprint density at radius 2 is 2.03 bits per heavy atom. The molecule has 12 heteroatoms. The quantitative estimate of drug-likeness (QED) is 0.182. The molecule has 2 heterocycles. The summed E-state index contributed by atoms with van der Waals surface area (Å²) in [7, 11) is -3.07. The van der Waals surface area contributed by atoms with E-state index < -0.39 is 49.4 Å². The number of H-pyrrole nitrogens is 1. The number of aryl methyl sites for hydroxylation is 1. The van der Waals surface area contributed by atoms with E-state index in [0.717, 1.165) is 9.95 Å². The van der Waals surface area contributed by atoms with Crippen molar-refractivity contribution in [3.05, 3.63) is 87.2 Å². The Kier molecular flexibility index (Phi) is 7.71. The molecule has 1 aromatic heterocycles. The number of fused-ring (bicyclic) bond motifs is 1. The highest BCUT2D eigenvalue weighted by Crippen LogP contribution is 2.48. The molecule has 0 aliphatic carbocycles.